The summed E-state index contributed by atoms with van der Waals surface area (Å²) in [4.78, 5) is 26.6. The highest BCUT2D eigenvalue weighted by Crippen LogP contribution is 2.32. The molecule has 1 atom stereocenters. The smallest absolute Gasteiger partial charge is 0.267 e. The van der Waals surface area contributed by atoms with E-state index >= 15 is 0 Å². The van der Waals surface area contributed by atoms with Crippen molar-refractivity contribution in [2.75, 3.05) is 24.5 Å². The molecule has 2 aliphatic heterocycles. The summed E-state index contributed by atoms with van der Waals surface area (Å²) in [6, 6.07) is 11.8. The molecule has 1 fully saturated rings. The van der Waals surface area contributed by atoms with Crippen LogP contribution in [0.25, 0.3) is 0 Å². The fourth-order valence-electron chi connectivity index (χ4n) is 4.28. The minimum Gasteiger partial charge on any atom is -0.481 e. The van der Waals surface area contributed by atoms with Crippen molar-refractivity contribution in [3.63, 3.8) is 0 Å². The van der Waals surface area contributed by atoms with Crippen LogP contribution in [0.4, 0.5) is 5.69 Å². The number of nitrogens with zero attached hydrogens (tertiary/aromatic N) is 2. The molecular weight excluding hydrogens is 428 g/mol. The Bertz CT molecular complexity index is 1120. The summed E-state index contributed by atoms with van der Waals surface area (Å²) in [5.41, 5.74) is 2.19. The van der Waals surface area contributed by atoms with Gasteiger partial charge in [0.25, 0.3) is 5.91 Å². The first-order valence-electron chi connectivity index (χ1n) is 11.0. The number of ketones is 1. The van der Waals surface area contributed by atoms with E-state index in [4.69, 9.17) is 4.74 Å². The molecule has 0 unspecified atom stereocenters. The Morgan fingerprint density at radius 1 is 0.969 bits per heavy atom. The van der Waals surface area contributed by atoms with E-state index in [2.05, 4.69) is 0 Å². The number of hydrogen-bond donors (Lipinski definition) is 0. The molecule has 32 heavy (non-hydrogen) atoms. The number of fused-ring (bicyclic) bond motifs is 1. The van der Waals surface area contributed by atoms with Crippen LogP contribution in [0.3, 0.4) is 0 Å². The molecule has 0 aliphatic carbocycles. The third-order valence-corrected chi connectivity index (χ3v) is 7.95. The molecular formula is C24H28N2O5S. The number of benzene rings is 2. The maximum absolute atomic E-state index is 13.2. The third-order valence-electron chi connectivity index (χ3n) is 6.06. The molecule has 2 aromatic rings. The average Bonchev–Trinajstić information content (AvgIpc) is 3.34. The number of hydrogen-bond acceptors (Lipinski definition) is 5. The quantitative estimate of drug-likeness (QED) is 0.622. The molecule has 0 N–H and O–H groups in total. The number of amides is 1. The lowest BCUT2D eigenvalue weighted by Crippen LogP contribution is -2.43. The molecule has 1 amide bonds. The number of rotatable bonds is 6. The first-order chi connectivity index (χ1) is 15.3. The molecule has 8 heteroatoms. The van der Waals surface area contributed by atoms with Gasteiger partial charge in [-0.2, -0.15) is 4.31 Å². The minimum atomic E-state index is -3.50. The maximum Gasteiger partial charge on any atom is 0.267 e. The van der Waals surface area contributed by atoms with Gasteiger partial charge in [0.1, 0.15) is 5.75 Å². The number of Topliss-reactive ketones (excluding diaryl/α,β-unsaturated/α-hetero) is 1. The summed E-state index contributed by atoms with van der Waals surface area (Å²) >= 11 is 0. The van der Waals surface area contributed by atoms with Gasteiger partial charge in [0.05, 0.1) is 4.90 Å². The minimum absolute atomic E-state index is 0.0308. The number of carbonyl (C=O) groups is 2. The Morgan fingerprint density at radius 2 is 1.66 bits per heavy atom. The highest BCUT2D eigenvalue weighted by molar-refractivity contribution is 7.89. The third kappa shape index (κ3) is 4.42. The largest absolute Gasteiger partial charge is 0.481 e. The SMILES string of the molecule is CC(=O)c1ccc(O[C@@H](C)C(=O)N2CCCc3cc(S(=O)(=O)N4CCCC4)ccc32)cc1. The molecule has 1 saturated heterocycles. The second-order valence-electron chi connectivity index (χ2n) is 8.34. The van der Waals surface area contributed by atoms with E-state index in [0.717, 1.165) is 36.9 Å². The van der Waals surface area contributed by atoms with E-state index in [-0.39, 0.29) is 11.7 Å². The van der Waals surface area contributed by atoms with Gasteiger partial charge in [-0.05, 0) is 87.6 Å². The first-order valence-corrected chi connectivity index (χ1v) is 12.4. The van der Waals surface area contributed by atoms with Crippen molar-refractivity contribution in [3.05, 3.63) is 53.6 Å². The molecule has 7 nitrogen and oxygen atoms in total. The zero-order chi connectivity index (χ0) is 22.9. The average molecular weight is 457 g/mol. The van der Waals surface area contributed by atoms with Crippen molar-refractivity contribution in [2.24, 2.45) is 0 Å². The van der Waals surface area contributed by atoms with Crippen molar-refractivity contribution in [3.8, 4) is 5.75 Å². The lowest BCUT2D eigenvalue weighted by atomic mass is 10.0. The Balaban J connectivity index is 1.51. The van der Waals surface area contributed by atoms with Gasteiger partial charge in [-0.15, -0.1) is 0 Å². The molecule has 0 radical (unpaired) electrons. The highest BCUT2D eigenvalue weighted by Gasteiger charge is 2.31. The van der Waals surface area contributed by atoms with Gasteiger partial charge in [-0.3, -0.25) is 9.59 Å². The Kier molecular flexibility index (Phi) is 6.35. The van der Waals surface area contributed by atoms with Crippen molar-refractivity contribution in [1.29, 1.82) is 0 Å². The van der Waals surface area contributed by atoms with Gasteiger partial charge >= 0.3 is 0 Å². The molecule has 2 heterocycles. The molecule has 4 rings (SSSR count). The van der Waals surface area contributed by atoms with Crippen LogP contribution in [-0.4, -0.2) is 50.2 Å². The van der Waals surface area contributed by atoms with Gasteiger partial charge in [0.15, 0.2) is 11.9 Å². The zero-order valence-corrected chi connectivity index (χ0v) is 19.2. The van der Waals surface area contributed by atoms with Crippen LogP contribution < -0.4 is 9.64 Å². The van der Waals surface area contributed by atoms with Crippen LogP contribution in [0.15, 0.2) is 47.4 Å². The van der Waals surface area contributed by atoms with E-state index in [1.807, 2.05) is 0 Å². The van der Waals surface area contributed by atoms with E-state index < -0.39 is 16.1 Å². The fraction of sp³-hybridized carbons (Fsp3) is 0.417. The van der Waals surface area contributed by atoms with Gasteiger partial charge < -0.3 is 9.64 Å². The van der Waals surface area contributed by atoms with E-state index in [0.29, 0.717) is 35.8 Å². The van der Waals surface area contributed by atoms with Crippen LogP contribution in [0.1, 0.15) is 49.0 Å². The van der Waals surface area contributed by atoms with Crippen molar-refractivity contribution >= 4 is 27.4 Å². The van der Waals surface area contributed by atoms with E-state index in [9.17, 15) is 18.0 Å². The Morgan fingerprint density at radius 3 is 2.31 bits per heavy atom. The van der Waals surface area contributed by atoms with Crippen LogP contribution in [0.2, 0.25) is 0 Å². The Labute approximate surface area is 189 Å². The summed E-state index contributed by atoms with van der Waals surface area (Å²) < 4.78 is 33.2. The van der Waals surface area contributed by atoms with Crippen LogP contribution in [0, 0.1) is 0 Å². The highest BCUT2D eigenvalue weighted by atomic mass is 32.2. The number of sulfonamides is 1. The van der Waals surface area contributed by atoms with E-state index in [1.54, 1.807) is 54.3 Å². The standard InChI is InChI=1S/C24H28N2O5S/c1-17(27)19-7-9-21(10-8-19)31-18(2)24(28)26-15-5-6-20-16-22(11-12-23(20)26)32(29,30)25-13-3-4-14-25/h7-12,16,18H,3-6,13-15H2,1-2H3/t18-/m0/s1. The molecule has 0 bridgehead atoms. The number of aryl methyl sites for hydroxylation is 1. The summed E-state index contributed by atoms with van der Waals surface area (Å²) in [6.45, 7) is 4.87. The summed E-state index contributed by atoms with van der Waals surface area (Å²) in [7, 11) is -3.50. The van der Waals surface area contributed by atoms with E-state index in [1.165, 1.54) is 11.2 Å². The summed E-state index contributed by atoms with van der Waals surface area (Å²) in [5.74, 6) is 0.300. The molecule has 2 aromatic carbocycles. The number of ether oxygens (including phenoxy) is 1. The summed E-state index contributed by atoms with van der Waals surface area (Å²) in [5, 5.41) is 0. The lowest BCUT2D eigenvalue weighted by molar-refractivity contribution is -0.124. The number of anilines is 1. The molecule has 2 aliphatic rings. The fourth-order valence-corrected chi connectivity index (χ4v) is 5.85. The van der Waals surface area contributed by atoms with Crippen molar-refractivity contribution in [2.45, 2.75) is 50.5 Å². The van der Waals surface area contributed by atoms with Gasteiger partial charge in [-0.1, -0.05) is 0 Å². The van der Waals surface area contributed by atoms with Crippen LogP contribution in [-0.2, 0) is 21.2 Å². The normalized spacial score (nSPS) is 17.6. The Hall–Kier alpha value is -2.71. The van der Waals surface area contributed by atoms with Crippen molar-refractivity contribution in [1.82, 2.24) is 4.31 Å². The molecule has 170 valence electrons. The van der Waals surface area contributed by atoms with Gasteiger partial charge in [-0.25, -0.2) is 8.42 Å². The first kappa shape index (κ1) is 22.5. The second kappa shape index (κ2) is 9.03. The lowest BCUT2D eigenvalue weighted by Gasteiger charge is -2.32. The maximum atomic E-state index is 13.2. The van der Waals surface area contributed by atoms with Crippen LogP contribution >= 0.6 is 0 Å². The van der Waals surface area contributed by atoms with Gasteiger partial charge in [0.2, 0.25) is 10.0 Å². The van der Waals surface area contributed by atoms with Crippen molar-refractivity contribution < 1.29 is 22.7 Å². The molecule has 0 aromatic heterocycles. The molecule has 0 spiro atoms. The van der Waals surface area contributed by atoms with Gasteiger partial charge in [0, 0.05) is 30.9 Å². The second-order valence-corrected chi connectivity index (χ2v) is 10.3. The summed E-state index contributed by atoms with van der Waals surface area (Å²) in [6.07, 6.45) is 2.54. The zero-order valence-electron chi connectivity index (χ0n) is 18.4. The molecule has 0 saturated carbocycles. The predicted molar refractivity (Wildman–Crippen MR) is 122 cm³/mol. The predicted octanol–water partition coefficient (Wildman–Crippen LogP) is 3.42. The number of carbonyl (C=O) groups excluding carboxylic acids is 2. The monoisotopic (exact) mass is 456 g/mol. The topological polar surface area (TPSA) is 84.0 Å². The van der Waals surface area contributed by atoms with Crippen LogP contribution in [0.5, 0.6) is 5.75 Å².